The van der Waals surface area contributed by atoms with Crippen LogP contribution in [0.2, 0.25) is 0 Å². The zero-order valence-corrected chi connectivity index (χ0v) is 13.7. The summed E-state index contributed by atoms with van der Waals surface area (Å²) in [7, 11) is 0. The average Bonchev–Trinajstić information content (AvgIpc) is 3.04. The van der Waals surface area contributed by atoms with E-state index < -0.39 is 12.1 Å². The summed E-state index contributed by atoms with van der Waals surface area (Å²) >= 11 is 0. The van der Waals surface area contributed by atoms with Crippen LogP contribution in [0, 0.1) is 0 Å². The molecule has 0 aliphatic heterocycles. The van der Waals surface area contributed by atoms with Gasteiger partial charge in [-0.15, -0.1) is 6.58 Å². The molecule has 0 saturated carbocycles. The van der Waals surface area contributed by atoms with Gasteiger partial charge in [0.05, 0.1) is 11.1 Å². The van der Waals surface area contributed by atoms with Crippen molar-refractivity contribution >= 4 is 22.8 Å². The number of hydrogen-bond acceptors (Lipinski definition) is 4. The van der Waals surface area contributed by atoms with Crippen molar-refractivity contribution in [1.29, 1.82) is 0 Å². The van der Waals surface area contributed by atoms with Gasteiger partial charge >= 0.3 is 5.97 Å². The number of fused-ring (bicyclic) bond motifs is 2. The molecule has 1 atom stereocenters. The van der Waals surface area contributed by atoms with E-state index in [4.69, 9.17) is 4.74 Å². The number of esters is 1. The molecule has 1 N–H and O–H groups in total. The van der Waals surface area contributed by atoms with Gasteiger partial charge in [-0.3, -0.25) is 9.78 Å². The lowest BCUT2D eigenvalue weighted by molar-refractivity contribution is -0.128. The number of ether oxygens (including phenoxy) is 1. The third kappa shape index (κ3) is 3.02. The first kappa shape index (κ1) is 16.2. The van der Waals surface area contributed by atoms with Gasteiger partial charge in [-0.1, -0.05) is 24.3 Å². The molecule has 0 saturated heterocycles. The number of aryl methyl sites for hydroxylation is 1. The van der Waals surface area contributed by atoms with Crippen LogP contribution >= 0.6 is 0 Å². The number of nitrogens with zero attached hydrogens (tertiary/aromatic N) is 1. The van der Waals surface area contributed by atoms with E-state index >= 15 is 0 Å². The number of benzene rings is 1. The number of carbonyl (C=O) groups excluding carboxylic acids is 2. The van der Waals surface area contributed by atoms with Crippen LogP contribution in [0.15, 0.2) is 36.9 Å². The second kappa shape index (κ2) is 6.83. The zero-order valence-electron chi connectivity index (χ0n) is 13.7. The number of hydrogen-bond donors (Lipinski definition) is 1. The third-order valence-corrected chi connectivity index (χ3v) is 4.20. The molecule has 0 bridgehead atoms. The van der Waals surface area contributed by atoms with E-state index in [1.807, 2.05) is 24.3 Å². The molecule has 124 valence electrons. The van der Waals surface area contributed by atoms with Crippen molar-refractivity contribution in [3.63, 3.8) is 0 Å². The highest BCUT2D eigenvalue weighted by atomic mass is 16.5. The largest absolute Gasteiger partial charge is 0.449 e. The van der Waals surface area contributed by atoms with E-state index in [0.717, 1.165) is 41.4 Å². The molecule has 5 nitrogen and oxygen atoms in total. The molecule has 0 unspecified atom stereocenters. The molecule has 24 heavy (non-hydrogen) atoms. The quantitative estimate of drug-likeness (QED) is 0.678. The first-order valence-electron chi connectivity index (χ1n) is 8.12. The van der Waals surface area contributed by atoms with Crippen LogP contribution in [0.3, 0.4) is 0 Å². The van der Waals surface area contributed by atoms with Gasteiger partial charge in [-0.05, 0) is 37.8 Å². The van der Waals surface area contributed by atoms with Gasteiger partial charge in [-0.25, -0.2) is 4.79 Å². The fourth-order valence-electron chi connectivity index (χ4n) is 3.03. The molecule has 3 rings (SSSR count). The Morgan fingerprint density at radius 1 is 1.38 bits per heavy atom. The fraction of sp³-hybridized carbons (Fsp3) is 0.316. The van der Waals surface area contributed by atoms with Crippen LogP contribution < -0.4 is 5.32 Å². The Labute approximate surface area is 140 Å². The molecular weight excluding hydrogens is 304 g/mol. The van der Waals surface area contributed by atoms with E-state index in [1.165, 1.54) is 0 Å². The van der Waals surface area contributed by atoms with Gasteiger partial charge in [0.2, 0.25) is 0 Å². The SMILES string of the molecule is C=CCNC(=O)[C@H](C)OC(=O)c1c2c(nc3ccccc13)CCC2. The minimum atomic E-state index is -0.860. The molecule has 1 aliphatic carbocycles. The first-order chi connectivity index (χ1) is 11.6. The number of carbonyl (C=O) groups is 2. The van der Waals surface area contributed by atoms with Gasteiger partial charge in [0, 0.05) is 17.6 Å². The van der Waals surface area contributed by atoms with Crippen molar-refractivity contribution in [2.24, 2.45) is 0 Å². The monoisotopic (exact) mass is 324 g/mol. The van der Waals surface area contributed by atoms with Crippen LogP contribution in [0.1, 0.15) is 35.0 Å². The highest BCUT2D eigenvalue weighted by Gasteiger charge is 2.27. The van der Waals surface area contributed by atoms with Crippen molar-refractivity contribution < 1.29 is 14.3 Å². The van der Waals surface area contributed by atoms with Gasteiger partial charge in [0.15, 0.2) is 6.10 Å². The van der Waals surface area contributed by atoms with E-state index in [-0.39, 0.29) is 5.91 Å². The smallest absolute Gasteiger partial charge is 0.339 e. The van der Waals surface area contributed by atoms with Gasteiger partial charge < -0.3 is 10.1 Å². The Hall–Kier alpha value is -2.69. The molecule has 2 aromatic rings. The molecule has 1 aromatic carbocycles. The predicted molar refractivity (Wildman–Crippen MR) is 91.9 cm³/mol. The zero-order chi connectivity index (χ0) is 17.1. The standard InChI is InChI=1S/C19H20N2O3/c1-3-11-20-18(22)12(2)24-19(23)17-13-7-4-5-9-15(13)21-16-10-6-8-14(16)17/h3-5,7,9,12H,1,6,8,10-11H2,2H3,(H,20,22)/t12-/m0/s1. The second-order valence-corrected chi connectivity index (χ2v) is 5.86. The first-order valence-corrected chi connectivity index (χ1v) is 8.12. The van der Waals surface area contributed by atoms with Crippen molar-refractivity contribution in [2.45, 2.75) is 32.3 Å². The fourth-order valence-corrected chi connectivity index (χ4v) is 3.03. The number of para-hydroxylation sites is 1. The number of rotatable bonds is 5. The molecule has 1 aromatic heterocycles. The molecule has 0 radical (unpaired) electrons. The molecular formula is C19H20N2O3. The molecule has 1 heterocycles. The van der Waals surface area contributed by atoms with Crippen molar-refractivity contribution in [3.05, 3.63) is 53.7 Å². The van der Waals surface area contributed by atoms with Crippen LogP contribution in [0.5, 0.6) is 0 Å². The molecule has 0 spiro atoms. The average molecular weight is 324 g/mol. The number of aromatic nitrogens is 1. The maximum atomic E-state index is 12.8. The second-order valence-electron chi connectivity index (χ2n) is 5.86. The summed E-state index contributed by atoms with van der Waals surface area (Å²) in [6.45, 7) is 5.46. The van der Waals surface area contributed by atoms with E-state index in [0.29, 0.717) is 12.1 Å². The molecule has 1 aliphatic rings. The maximum absolute atomic E-state index is 12.8. The van der Waals surface area contributed by atoms with Crippen molar-refractivity contribution in [1.82, 2.24) is 10.3 Å². The summed E-state index contributed by atoms with van der Waals surface area (Å²) in [5, 5.41) is 3.41. The predicted octanol–water partition coefficient (Wildman–Crippen LogP) is 2.57. The minimum Gasteiger partial charge on any atom is -0.449 e. The summed E-state index contributed by atoms with van der Waals surface area (Å²) in [6.07, 6.45) is 3.38. The number of amides is 1. The van der Waals surface area contributed by atoms with Crippen LogP contribution in [-0.2, 0) is 22.4 Å². The Morgan fingerprint density at radius 2 is 2.17 bits per heavy atom. The van der Waals surface area contributed by atoms with E-state index in [2.05, 4.69) is 16.9 Å². The molecule has 5 heteroatoms. The van der Waals surface area contributed by atoms with Crippen LogP contribution in [0.25, 0.3) is 10.9 Å². The number of nitrogens with one attached hydrogen (secondary N) is 1. The molecule has 0 fully saturated rings. The summed E-state index contributed by atoms with van der Waals surface area (Å²) in [5.41, 5.74) is 3.26. The van der Waals surface area contributed by atoms with E-state index in [9.17, 15) is 9.59 Å². The normalized spacial score (nSPS) is 14.0. The highest BCUT2D eigenvalue weighted by Crippen LogP contribution is 2.30. The van der Waals surface area contributed by atoms with Crippen LogP contribution in [0.4, 0.5) is 0 Å². The van der Waals surface area contributed by atoms with Crippen molar-refractivity contribution in [2.75, 3.05) is 6.54 Å². The highest BCUT2D eigenvalue weighted by molar-refractivity contribution is 6.05. The minimum absolute atomic E-state index is 0.335. The third-order valence-electron chi connectivity index (χ3n) is 4.20. The Morgan fingerprint density at radius 3 is 2.96 bits per heavy atom. The number of pyridine rings is 1. The van der Waals surface area contributed by atoms with Gasteiger partial charge in [-0.2, -0.15) is 0 Å². The van der Waals surface area contributed by atoms with Crippen molar-refractivity contribution in [3.8, 4) is 0 Å². The summed E-state index contributed by atoms with van der Waals surface area (Å²) in [4.78, 5) is 29.3. The lowest BCUT2D eigenvalue weighted by Crippen LogP contribution is -2.36. The van der Waals surface area contributed by atoms with E-state index in [1.54, 1.807) is 13.0 Å². The van der Waals surface area contributed by atoms with Crippen LogP contribution in [-0.4, -0.2) is 29.5 Å². The summed E-state index contributed by atoms with van der Waals surface area (Å²) in [5.74, 6) is -0.800. The topological polar surface area (TPSA) is 68.3 Å². The maximum Gasteiger partial charge on any atom is 0.339 e. The Balaban J connectivity index is 1.92. The van der Waals surface area contributed by atoms with Gasteiger partial charge in [0.25, 0.3) is 5.91 Å². The summed E-state index contributed by atoms with van der Waals surface area (Å²) in [6, 6.07) is 7.55. The summed E-state index contributed by atoms with van der Waals surface area (Å²) < 4.78 is 5.42. The Bertz CT molecular complexity index is 814. The lowest BCUT2D eigenvalue weighted by atomic mass is 10.0. The Kier molecular flexibility index (Phi) is 4.60. The lowest BCUT2D eigenvalue weighted by Gasteiger charge is -2.16. The van der Waals surface area contributed by atoms with Gasteiger partial charge in [0.1, 0.15) is 0 Å². The molecule has 1 amide bonds.